The molecule has 0 saturated heterocycles. The summed E-state index contributed by atoms with van der Waals surface area (Å²) < 4.78 is 5.75. The van der Waals surface area contributed by atoms with Crippen molar-refractivity contribution < 1.29 is 9.21 Å². The lowest BCUT2D eigenvalue weighted by molar-refractivity contribution is -0.123. The molecule has 1 heterocycles. The fraction of sp³-hybridized carbons (Fsp3) is 0.474. The van der Waals surface area contributed by atoms with Crippen molar-refractivity contribution in [2.24, 2.45) is 5.73 Å². The molecule has 0 saturated carbocycles. The zero-order valence-corrected chi connectivity index (χ0v) is 14.8. The van der Waals surface area contributed by atoms with Gasteiger partial charge in [-0.15, -0.1) is 0 Å². The van der Waals surface area contributed by atoms with E-state index in [4.69, 9.17) is 10.2 Å². The average Bonchev–Trinajstić information content (AvgIpc) is 3.08. The van der Waals surface area contributed by atoms with Crippen LogP contribution in [0.3, 0.4) is 0 Å². The van der Waals surface area contributed by atoms with Gasteiger partial charge in [-0.2, -0.15) is 0 Å². The van der Waals surface area contributed by atoms with E-state index in [0.717, 1.165) is 24.2 Å². The van der Waals surface area contributed by atoms with Gasteiger partial charge in [0.1, 0.15) is 0 Å². The van der Waals surface area contributed by atoms with E-state index in [1.807, 2.05) is 45.0 Å². The van der Waals surface area contributed by atoms with Gasteiger partial charge in [-0.3, -0.25) is 4.79 Å². The van der Waals surface area contributed by atoms with Gasteiger partial charge in [0.2, 0.25) is 5.91 Å². The Hall–Kier alpha value is -2.14. The smallest absolute Gasteiger partial charge is 0.220 e. The summed E-state index contributed by atoms with van der Waals surface area (Å²) in [6.45, 7) is 6.57. The Bertz CT molecular complexity index is 649. The quantitative estimate of drug-likeness (QED) is 0.779. The number of nitrogens with zero attached hydrogens (tertiary/aromatic N) is 1. The van der Waals surface area contributed by atoms with E-state index in [0.29, 0.717) is 25.3 Å². The predicted molar refractivity (Wildman–Crippen MR) is 95.5 cm³/mol. The summed E-state index contributed by atoms with van der Waals surface area (Å²) in [5.41, 5.74) is 7.70. The number of benzene rings is 1. The molecule has 0 aliphatic carbocycles. The molecular formula is C19H27N3O2. The maximum Gasteiger partial charge on any atom is 0.220 e. The maximum atomic E-state index is 12.2. The highest BCUT2D eigenvalue weighted by atomic mass is 16.4. The molecule has 1 aromatic heterocycles. The van der Waals surface area contributed by atoms with Crippen LogP contribution in [0.1, 0.15) is 44.6 Å². The minimum Gasteiger partial charge on any atom is -0.441 e. The number of hydrogen-bond donors (Lipinski definition) is 2. The molecule has 0 atom stereocenters. The molecule has 2 rings (SSSR count). The van der Waals surface area contributed by atoms with Crippen molar-refractivity contribution in [2.75, 3.05) is 6.54 Å². The van der Waals surface area contributed by atoms with Gasteiger partial charge in [0.05, 0.1) is 11.7 Å². The van der Waals surface area contributed by atoms with Crippen LogP contribution in [0.15, 0.2) is 34.9 Å². The summed E-state index contributed by atoms with van der Waals surface area (Å²) in [6, 6.07) is 8.08. The summed E-state index contributed by atoms with van der Waals surface area (Å²) in [7, 11) is 0. The third-order valence-electron chi connectivity index (χ3n) is 4.60. The van der Waals surface area contributed by atoms with E-state index in [-0.39, 0.29) is 11.4 Å². The van der Waals surface area contributed by atoms with E-state index < -0.39 is 0 Å². The van der Waals surface area contributed by atoms with Crippen LogP contribution in [-0.4, -0.2) is 23.0 Å². The molecule has 3 N–H and O–H groups in total. The lowest BCUT2D eigenvalue weighted by Gasteiger charge is -2.31. The molecule has 2 aromatic rings. The molecule has 0 spiro atoms. The second-order valence-electron chi connectivity index (χ2n) is 6.22. The first-order valence-electron chi connectivity index (χ1n) is 8.54. The predicted octanol–water partition coefficient (Wildman–Crippen LogP) is 3.22. The first-order chi connectivity index (χ1) is 11.5. The van der Waals surface area contributed by atoms with Gasteiger partial charge < -0.3 is 15.5 Å². The van der Waals surface area contributed by atoms with Crippen LogP contribution >= 0.6 is 0 Å². The lowest BCUT2D eigenvalue weighted by atomic mass is 9.92. The number of amides is 1. The SMILES string of the molecule is CCC(CC)(CN)NC(=O)CCc1ncc(-c2ccc(C)cc2)o1. The van der Waals surface area contributed by atoms with Crippen molar-refractivity contribution in [2.45, 2.75) is 52.0 Å². The fourth-order valence-corrected chi connectivity index (χ4v) is 2.62. The van der Waals surface area contributed by atoms with Crippen LogP contribution in [0.2, 0.25) is 0 Å². The summed E-state index contributed by atoms with van der Waals surface area (Å²) in [5.74, 6) is 1.29. The highest BCUT2D eigenvalue weighted by molar-refractivity contribution is 5.77. The number of rotatable bonds is 8. The van der Waals surface area contributed by atoms with E-state index in [9.17, 15) is 4.79 Å². The summed E-state index contributed by atoms with van der Waals surface area (Å²) in [4.78, 5) is 16.5. The van der Waals surface area contributed by atoms with Crippen LogP contribution in [0.4, 0.5) is 0 Å². The highest BCUT2D eigenvalue weighted by Gasteiger charge is 2.26. The van der Waals surface area contributed by atoms with Gasteiger partial charge in [-0.25, -0.2) is 4.98 Å². The van der Waals surface area contributed by atoms with Crippen molar-refractivity contribution in [3.05, 3.63) is 41.9 Å². The normalized spacial score (nSPS) is 11.5. The van der Waals surface area contributed by atoms with Crippen LogP contribution in [0.5, 0.6) is 0 Å². The molecule has 130 valence electrons. The Balaban J connectivity index is 1.93. The second kappa shape index (κ2) is 8.11. The summed E-state index contributed by atoms with van der Waals surface area (Å²) >= 11 is 0. The number of oxazole rings is 1. The van der Waals surface area contributed by atoms with Gasteiger partial charge in [0.15, 0.2) is 11.7 Å². The Labute approximate surface area is 143 Å². The third kappa shape index (κ3) is 4.45. The van der Waals surface area contributed by atoms with E-state index in [1.165, 1.54) is 5.56 Å². The molecule has 1 amide bonds. The largest absolute Gasteiger partial charge is 0.441 e. The van der Waals surface area contributed by atoms with Gasteiger partial charge >= 0.3 is 0 Å². The molecule has 1 aromatic carbocycles. The molecule has 0 radical (unpaired) electrons. The van der Waals surface area contributed by atoms with Crippen molar-refractivity contribution in [1.82, 2.24) is 10.3 Å². The van der Waals surface area contributed by atoms with Crippen molar-refractivity contribution in [1.29, 1.82) is 0 Å². The first-order valence-corrected chi connectivity index (χ1v) is 8.54. The number of hydrogen-bond acceptors (Lipinski definition) is 4. The lowest BCUT2D eigenvalue weighted by Crippen LogP contribution is -2.52. The molecule has 0 aliphatic rings. The van der Waals surface area contributed by atoms with Crippen molar-refractivity contribution in [3.8, 4) is 11.3 Å². The van der Waals surface area contributed by atoms with Gasteiger partial charge in [0.25, 0.3) is 0 Å². The average molecular weight is 329 g/mol. The molecule has 5 heteroatoms. The zero-order chi connectivity index (χ0) is 17.6. The van der Waals surface area contributed by atoms with Gasteiger partial charge in [-0.1, -0.05) is 43.7 Å². The number of nitrogens with two attached hydrogens (primary N) is 1. The molecule has 0 aliphatic heterocycles. The van der Waals surface area contributed by atoms with E-state index in [1.54, 1.807) is 6.20 Å². The van der Waals surface area contributed by atoms with Crippen molar-refractivity contribution >= 4 is 5.91 Å². The first kappa shape index (κ1) is 18.2. The molecule has 5 nitrogen and oxygen atoms in total. The summed E-state index contributed by atoms with van der Waals surface area (Å²) in [5, 5.41) is 3.06. The molecule has 24 heavy (non-hydrogen) atoms. The van der Waals surface area contributed by atoms with Gasteiger partial charge in [-0.05, 0) is 19.8 Å². The molecule has 0 fully saturated rings. The van der Waals surface area contributed by atoms with Crippen LogP contribution in [-0.2, 0) is 11.2 Å². The fourth-order valence-electron chi connectivity index (χ4n) is 2.62. The number of carbonyl (C=O) groups excluding carboxylic acids is 1. The van der Waals surface area contributed by atoms with Gasteiger partial charge in [0, 0.05) is 24.9 Å². The number of carbonyl (C=O) groups is 1. The minimum atomic E-state index is -0.305. The highest BCUT2D eigenvalue weighted by Crippen LogP contribution is 2.21. The minimum absolute atomic E-state index is 0.0146. The van der Waals surface area contributed by atoms with Crippen LogP contribution in [0.25, 0.3) is 11.3 Å². The molecular weight excluding hydrogens is 302 g/mol. The van der Waals surface area contributed by atoms with E-state index in [2.05, 4.69) is 10.3 Å². The summed E-state index contributed by atoms with van der Waals surface area (Å²) in [6.07, 6.45) is 4.17. The Morgan fingerprint density at radius 3 is 2.50 bits per heavy atom. The van der Waals surface area contributed by atoms with Crippen LogP contribution in [0, 0.1) is 6.92 Å². The monoisotopic (exact) mass is 329 g/mol. The third-order valence-corrected chi connectivity index (χ3v) is 4.60. The maximum absolute atomic E-state index is 12.2. The number of aromatic nitrogens is 1. The standard InChI is InChI=1S/C19H27N3O2/c1-4-19(5-2,13-20)22-17(23)10-11-18-21-12-16(24-18)15-8-6-14(3)7-9-15/h6-9,12H,4-5,10-11,13,20H2,1-3H3,(H,22,23). The molecule has 0 unspecified atom stereocenters. The number of aryl methyl sites for hydroxylation is 2. The van der Waals surface area contributed by atoms with Crippen LogP contribution < -0.4 is 11.1 Å². The zero-order valence-electron chi connectivity index (χ0n) is 14.8. The topological polar surface area (TPSA) is 81.1 Å². The van der Waals surface area contributed by atoms with E-state index >= 15 is 0 Å². The van der Waals surface area contributed by atoms with Crippen molar-refractivity contribution in [3.63, 3.8) is 0 Å². The number of nitrogens with one attached hydrogen (secondary N) is 1. The molecule has 0 bridgehead atoms. The Morgan fingerprint density at radius 1 is 1.25 bits per heavy atom. The second-order valence-corrected chi connectivity index (χ2v) is 6.22. The Morgan fingerprint density at radius 2 is 1.92 bits per heavy atom. The Kier molecular flexibility index (Phi) is 6.15.